The van der Waals surface area contributed by atoms with Crippen LogP contribution in [0.1, 0.15) is 33.6 Å². The first-order chi connectivity index (χ1) is 9.75. The molecule has 0 aromatic heterocycles. The first-order valence-corrected chi connectivity index (χ1v) is 7.95. The van der Waals surface area contributed by atoms with E-state index in [0.29, 0.717) is 12.3 Å². The van der Waals surface area contributed by atoms with Gasteiger partial charge in [0.2, 0.25) is 0 Å². The molecule has 5 nitrogen and oxygen atoms in total. The molecular formula is C16H23NO4. The van der Waals surface area contributed by atoms with Gasteiger partial charge in [-0.3, -0.25) is 9.59 Å². The predicted octanol–water partition coefficient (Wildman–Crippen LogP) is 0.802. The van der Waals surface area contributed by atoms with E-state index in [9.17, 15) is 14.7 Å². The van der Waals surface area contributed by atoms with E-state index in [1.54, 1.807) is 11.9 Å². The summed E-state index contributed by atoms with van der Waals surface area (Å²) in [6, 6.07) is -0.197. The number of fused-ring (bicyclic) bond motifs is 4. The first-order valence-electron chi connectivity index (χ1n) is 7.95. The van der Waals surface area contributed by atoms with Gasteiger partial charge in [0.1, 0.15) is 6.10 Å². The van der Waals surface area contributed by atoms with Gasteiger partial charge in [-0.15, -0.1) is 0 Å². The van der Waals surface area contributed by atoms with E-state index in [0.717, 1.165) is 6.42 Å². The lowest BCUT2D eigenvalue weighted by molar-refractivity contribution is -0.150. The number of carbonyl (C=O) groups excluding carboxylic acids is 2. The molecule has 1 N–H and O–H groups in total. The minimum Gasteiger partial charge on any atom is -0.460 e. The number of esters is 1. The maximum absolute atomic E-state index is 12.6. The zero-order valence-corrected chi connectivity index (χ0v) is 13.0. The van der Waals surface area contributed by atoms with Crippen molar-refractivity contribution in [3.63, 3.8) is 0 Å². The van der Waals surface area contributed by atoms with Crippen molar-refractivity contribution >= 4 is 11.9 Å². The molecule has 4 aliphatic rings. The Labute approximate surface area is 124 Å². The first kappa shape index (κ1) is 13.6. The van der Waals surface area contributed by atoms with Crippen LogP contribution in [0.15, 0.2) is 0 Å². The molecule has 1 amide bonds. The van der Waals surface area contributed by atoms with E-state index >= 15 is 0 Å². The number of nitrogens with zero attached hydrogens (tertiary/aromatic N) is 1. The van der Waals surface area contributed by atoms with Crippen LogP contribution in [0.25, 0.3) is 0 Å². The topological polar surface area (TPSA) is 66.8 Å². The van der Waals surface area contributed by atoms with Crippen LogP contribution in [0.2, 0.25) is 0 Å². The summed E-state index contributed by atoms with van der Waals surface area (Å²) in [7, 11) is 1.75. The molecule has 2 saturated carbocycles. The average molecular weight is 293 g/mol. The molecule has 0 unspecified atom stereocenters. The summed E-state index contributed by atoms with van der Waals surface area (Å²) in [5.74, 6) is 0.0442. The molecule has 0 aromatic rings. The van der Waals surface area contributed by atoms with Crippen molar-refractivity contribution in [2.45, 2.75) is 51.4 Å². The fourth-order valence-electron chi connectivity index (χ4n) is 6.13. The van der Waals surface area contributed by atoms with Gasteiger partial charge < -0.3 is 14.7 Å². The number of ether oxygens (including phenoxy) is 1. The lowest BCUT2D eigenvalue weighted by Gasteiger charge is -2.49. The van der Waals surface area contributed by atoms with Crippen LogP contribution in [0.3, 0.4) is 0 Å². The van der Waals surface area contributed by atoms with Crippen molar-refractivity contribution in [1.82, 2.24) is 4.90 Å². The molecule has 2 aliphatic heterocycles. The number of likely N-dealkylation sites (N-methyl/N-ethyl adjacent to an activating group) is 1. The Balaban J connectivity index is 1.92. The van der Waals surface area contributed by atoms with Crippen LogP contribution in [-0.4, -0.2) is 46.7 Å². The van der Waals surface area contributed by atoms with Crippen LogP contribution in [-0.2, 0) is 14.3 Å². The number of carbonyl (C=O) groups is 2. The van der Waals surface area contributed by atoms with Crippen molar-refractivity contribution in [1.29, 1.82) is 0 Å². The van der Waals surface area contributed by atoms with Gasteiger partial charge in [0, 0.05) is 18.4 Å². The van der Waals surface area contributed by atoms with Crippen molar-refractivity contribution < 1.29 is 19.4 Å². The third kappa shape index (κ3) is 1.17. The summed E-state index contributed by atoms with van der Waals surface area (Å²) in [4.78, 5) is 26.7. The molecule has 0 radical (unpaired) electrons. The van der Waals surface area contributed by atoms with Crippen LogP contribution in [0.4, 0.5) is 0 Å². The Morgan fingerprint density at radius 2 is 2.05 bits per heavy atom. The highest BCUT2D eigenvalue weighted by Crippen LogP contribution is 2.68. The molecule has 2 aliphatic carbocycles. The van der Waals surface area contributed by atoms with Gasteiger partial charge in [-0.05, 0) is 24.7 Å². The molecule has 21 heavy (non-hydrogen) atoms. The number of rotatable bonds is 1. The number of likely N-dealkylation sites (tertiary alicyclic amines) is 1. The van der Waals surface area contributed by atoms with E-state index in [2.05, 4.69) is 13.8 Å². The Bertz CT molecular complexity index is 546. The van der Waals surface area contributed by atoms with E-state index in [1.165, 1.54) is 0 Å². The van der Waals surface area contributed by atoms with E-state index in [-0.39, 0.29) is 41.8 Å². The zero-order valence-electron chi connectivity index (χ0n) is 13.0. The SMILES string of the molecule is CC(C)[C@@H]1[C@H]2OC(=O)[C@@H]1[C@@H]1CC[C@]3(O)C(=O)N(C)[C@H]2[C@]13C. The summed E-state index contributed by atoms with van der Waals surface area (Å²) in [5.41, 5.74) is -1.88. The van der Waals surface area contributed by atoms with Gasteiger partial charge in [-0.25, -0.2) is 0 Å². The van der Waals surface area contributed by atoms with E-state index in [4.69, 9.17) is 4.74 Å². The highest BCUT2D eigenvalue weighted by atomic mass is 16.6. The lowest BCUT2D eigenvalue weighted by Crippen LogP contribution is -2.60. The second kappa shape index (κ2) is 3.62. The average Bonchev–Trinajstić information content (AvgIpc) is 2.89. The number of hydrogen-bond donors (Lipinski definition) is 1. The van der Waals surface area contributed by atoms with Crippen molar-refractivity contribution in [2.75, 3.05) is 7.05 Å². The normalized spacial score (nSPS) is 54.4. The van der Waals surface area contributed by atoms with Gasteiger partial charge in [-0.1, -0.05) is 20.8 Å². The quantitative estimate of drug-likeness (QED) is 0.726. The van der Waals surface area contributed by atoms with Gasteiger partial charge in [-0.2, -0.15) is 0 Å². The zero-order chi connectivity index (χ0) is 15.3. The third-order valence-corrected chi connectivity index (χ3v) is 7.02. The van der Waals surface area contributed by atoms with Crippen LogP contribution >= 0.6 is 0 Å². The molecule has 4 rings (SSSR count). The molecular weight excluding hydrogens is 270 g/mol. The Morgan fingerprint density at radius 1 is 1.38 bits per heavy atom. The van der Waals surface area contributed by atoms with Gasteiger partial charge in [0.05, 0.1) is 12.0 Å². The molecule has 116 valence electrons. The minimum absolute atomic E-state index is 0.0417. The molecule has 7 atom stereocenters. The maximum atomic E-state index is 12.6. The van der Waals surface area contributed by atoms with E-state index in [1.807, 2.05) is 6.92 Å². The fraction of sp³-hybridized carbons (Fsp3) is 0.875. The van der Waals surface area contributed by atoms with Crippen LogP contribution < -0.4 is 0 Å². The smallest absolute Gasteiger partial charge is 0.310 e. The van der Waals surface area contributed by atoms with Gasteiger partial charge >= 0.3 is 5.97 Å². The Kier molecular flexibility index (Phi) is 2.34. The Hall–Kier alpha value is -1.10. The number of hydrogen-bond acceptors (Lipinski definition) is 4. The molecule has 2 heterocycles. The second-order valence-electron chi connectivity index (χ2n) is 7.90. The third-order valence-electron chi connectivity index (χ3n) is 7.02. The summed E-state index contributed by atoms with van der Waals surface area (Å²) < 4.78 is 5.71. The van der Waals surface area contributed by atoms with Gasteiger partial charge in [0.25, 0.3) is 5.91 Å². The second-order valence-corrected chi connectivity index (χ2v) is 7.90. The molecule has 4 fully saturated rings. The predicted molar refractivity (Wildman–Crippen MR) is 74.0 cm³/mol. The standard InChI is InChI=1S/C16H23NO4/c1-7(2)9-10-8-5-6-16(20)14(19)17(4)12(15(8,16)3)11(9)21-13(10)18/h7-12,20H,5-6H2,1-4H3/t8-,9-,10+,11+,12+,15-,16-/m0/s1. The number of amides is 1. The molecule has 0 aromatic carbocycles. The van der Waals surface area contributed by atoms with Crippen LogP contribution in [0.5, 0.6) is 0 Å². The minimum atomic E-state index is -1.32. The van der Waals surface area contributed by atoms with Crippen molar-refractivity contribution in [3.8, 4) is 0 Å². The largest absolute Gasteiger partial charge is 0.460 e. The summed E-state index contributed by atoms with van der Waals surface area (Å²) in [5, 5.41) is 11.1. The monoisotopic (exact) mass is 293 g/mol. The summed E-state index contributed by atoms with van der Waals surface area (Å²) in [6.07, 6.45) is 0.929. The highest BCUT2D eigenvalue weighted by Gasteiger charge is 2.79. The highest BCUT2D eigenvalue weighted by molar-refractivity contribution is 5.91. The molecule has 2 saturated heterocycles. The molecule has 5 heteroatoms. The lowest BCUT2D eigenvalue weighted by atomic mass is 9.54. The van der Waals surface area contributed by atoms with Crippen molar-refractivity contribution in [3.05, 3.63) is 0 Å². The Morgan fingerprint density at radius 3 is 2.67 bits per heavy atom. The summed E-state index contributed by atoms with van der Waals surface area (Å²) in [6.45, 7) is 6.23. The fourth-order valence-corrected chi connectivity index (χ4v) is 6.13. The molecule has 0 spiro atoms. The van der Waals surface area contributed by atoms with E-state index < -0.39 is 11.0 Å². The maximum Gasteiger partial charge on any atom is 0.310 e. The van der Waals surface area contributed by atoms with Crippen LogP contribution in [0, 0.1) is 29.1 Å². The van der Waals surface area contributed by atoms with Gasteiger partial charge in [0.15, 0.2) is 5.60 Å². The number of aliphatic hydroxyl groups is 1. The van der Waals surface area contributed by atoms with Crippen molar-refractivity contribution in [2.24, 2.45) is 29.1 Å². The summed E-state index contributed by atoms with van der Waals surface area (Å²) >= 11 is 0. The molecule has 2 bridgehead atoms.